The van der Waals surface area contributed by atoms with E-state index < -0.39 is 0 Å². The second kappa shape index (κ2) is 11.5. The van der Waals surface area contributed by atoms with Gasteiger partial charge in [0.15, 0.2) is 5.96 Å². The lowest BCUT2D eigenvalue weighted by atomic mass is 10.1. The van der Waals surface area contributed by atoms with E-state index in [0.717, 1.165) is 50.6 Å². The van der Waals surface area contributed by atoms with Crippen LogP contribution >= 0.6 is 0 Å². The van der Waals surface area contributed by atoms with Crippen LogP contribution in [0.15, 0.2) is 29.3 Å². The number of aliphatic imine (C=N–C) groups is 1. The van der Waals surface area contributed by atoms with Crippen molar-refractivity contribution in [3.63, 3.8) is 0 Å². The van der Waals surface area contributed by atoms with Crippen LogP contribution in [-0.4, -0.2) is 62.2 Å². The van der Waals surface area contributed by atoms with E-state index in [0.29, 0.717) is 19.2 Å². The van der Waals surface area contributed by atoms with Gasteiger partial charge in [-0.1, -0.05) is 12.1 Å². The second-order valence-electron chi connectivity index (χ2n) is 6.53. The van der Waals surface area contributed by atoms with Crippen LogP contribution in [0.4, 0.5) is 4.39 Å². The molecular weight excluding hydrogens is 347 g/mol. The van der Waals surface area contributed by atoms with Crippen LogP contribution in [-0.2, 0) is 16.0 Å². The predicted molar refractivity (Wildman–Crippen MR) is 105 cm³/mol. The van der Waals surface area contributed by atoms with Crippen LogP contribution in [0, 0.1) is 5.82 Å². The number of amides is 1. The molecule has 150 valence electrons. The smallest absolute Gasteiger partial charge is 0.224 e. The minimum atomic E-state index is -0.297. The van der Waals surface area contributed by atoms with Crippen molar-refractivity contribution in [3.05, 3.63) is 35.6 Å². The van der Waals surface area contributed by atoms with E-state index in [1.165, 1.54) is 12.1 Å². The molecule has 1 aromatic carbocycles. The molecule has 1 amide bonds. The highest BCUT2D eigenvalue weighted by Gasteiger charge is 2.21. The van der Waals surface area contributed by atoms with Crippen molar-refractivity contribution < 1.29 is 13.9 Å². The average molecular weight is 378 g/mol. The Hall–Kier alpha value is -2.15. The molecule has 7 heteroatoms. The van der Waals surface area contributed by atoms with Crippen molar-refractivity contribution >= 4 is 11.9 Å². The van der Waals surface area contributed by atoms with Crippen molar-refractivity contribution in [2.45, 2.75) is 39.2 Å². The van der Waals surface area contributed by atoms with Gasteiger partial charge in [-0.05, 0) is 44.4 Å². The molecule has 1 fully saturated rings. The van der Waals surface area contributed by atoms with Crippen molar-refractivity contribution in [1.82, 2.24) is 15.5 Å². The third-order valence-corrected chi connectivity index (χ3v) is 4.45. The van der Waals surface area contributed by atoms with Crippen molar-refractivity contribution in [1.29, 1.82) is 0 Å². The summed E-state index contributed by atoms with van der Waals surface area (Å²) in [4.78, 5) is 18.8. The number of halogens is 1. The van der Waals surface area contributed by atoms with Gasteiger partial charge < -0.3 is 20.3 Å². The lowest BCUT2D eigenvalue weighted by Gasteiger charge is -2.34. The maximum atomic E-state index is 12.9. The lowest BCUT2D eigenvalue weighted by Crippen LogP contribution is -2.47. The summed E-state index contributed by atoms with van der Waals surface area (Å²) in [5, 5.41) is 6.18. The van der Waals surface area contributed by atoms with Crippen LogP contribution in [0.25, 0.3) is 0 Å². The minimum Gasteiger partial charge on any atom is -0.378 e. The van der Waals surface area contributed by atoms with Crippen LogP contribution in [0.3, 0.4) is 0 Å². The number of guanidine groups is 1. The summed E-state index contributed by atoms with van der Waals surface area (Å²) >= 11 is 0. The topological polar surface area (TPSA) is 66.0 Å². The molecule has 0 saturated carbocycles. The monoisotopic (exact) mass is 378 g/mol. The molecule has 1 aliphatic rings. The van der Waals surface area contributed by atoms with E-state index >= 15 is 0 Å². The fraction of sp³-hybridized carbons (Fsp3) is 0.600. The van der Waals surface area contributed by atoms with Crippen LogP contribution < -0.4 is 10.6 Å². The highest BCUT2D eigenvalue weighted by molar-refractivity contribution is 5.80. The molecule has 0 aromatic heterocycles. The Balaban J connectivity index is 1.74. The molecule has 1 aliphatic heterocycles. The van der Waals surface area contributed by atoms with Gasteiger partial charge in [0.2, 0.25) is 5.91 Å². The Morgan fingerprint density at radius 3 is 2.56 bits per heavy atom. The van der Waals surface area contributed by atoms with E-state index in [-0.39, 0.29) is 18.1 Å². The number of nitrogens with zero attached hydrogens (tertiary/aromatic N) is 2. The van der Waals surface area contributed by atoms with E-state index in [9.17, 15) is 9.18 Å². The molecule has 1 heterocycles. The minimum absolute atomic E-state index is 0.0839. The van der Waals surface area contributed by atoms with Crippen LogP contribution in [0.1, 0.15) is 32.3 Å². The number of benzene rings is 1. The quantitative estimate of drug-likeness (QED) is 0.412. The number of hydrogen-bond donors (Lipinski definition) is 2. The predicted octanol–water partition coefficient (Wildman–Crippen LogP) is 1.95. The van der Waals surface area contributed by atoms with Gasteiger partial charge in [0.05, 0.1) is 19.1 Å². The maximum Gasteiger partial charge on any atom is 0.224 e. The van der Waals surface area contributed by atoms with Gasteiger partial charge in [-0.15, -0.1) is 0 Å². The Morgan fingerprint density at radius 2 is 1.93 bits per heavy atom. The zero-order chi connectivity index (χ0) is 19.5. The first-order chi connectivity index (χ1) is 13.1. The fourth-order valence-corrected chi connectivity index (χ4v) is 3.10. The number of nitrogens with one attached hydrogen (secondary N) is 2. The summed E-state index contributed by atoms with van der Waals surface area (Å²) in [6, 6.07) is 5.99. The molecular formula is C20H31FN4O2. The van der Waals surface area contributed by atoms with Crippen molar-refractivity contribution in [2.75, 3.05) is 39.3 Å². The molecule has 0 spiro atoms. The summed E-state index contributed by atoms with van der Waals surface area (Å²) in [5.41, 5.74) is 0.794. The van der Waals surface area contributed by atoms with Gasteiger partial charge >= 0.3 is 0 Å². The summed E-state index contributed by atoms with van der Waals surface area (Å²) < 4.78 is 18.6. The van der Waals surface area contributed by atoms with E-state index in [2.05, 4.69) is 20.5 Å². The fourth-order valence-electron chi connectivity index (χ4n) is 3.10. The molecule has 6 nitrogen and oxygen atoms in total. The normalized spacial score (nSPS) is 15.7. The zero-order valence-electron chi connectivity index (χ0n) is 16.3. The highest BCUT2D eigenvalue weighted by Crippen LogP contribution is 2.13. The van der Waals surface area contributed by atoms with E-state index in [4.69, 9.17) is 4.74 Å². The lowest BCUT2D eigenvalue weighted by molar-refractivity contribution is -0.120. The third-order valence-electron chi connectivity index (χ3n) is 4.45. The van der Waals surface area contributed by atoms with Gasteiger partial charge in [0, 0.05) is 32.8 Å². The number of piperidine rings is 1. The summed E-state index contributed by atoms with van der Waals surface area (Å²) in [5.74, 6) is 0.509. The molecule has 0 atom stereocenters. The number of ether oxygens (including phenoxy) is 1. The molecule has 2 N–H and O–H groups in total. The Bertz CT molecular complexity index is 599. The first kappa shape index (κ1) is 21.2. The molecule has 0 unspecified atom stereocenters. The number of carbonyl (C=O) groups is 1. The number of likely N-dealkylation sites (tertiary alicyclic amines) is 1. The van der Waals surface area contributed by atoms with Crippen LogP contribution in [0.2, 0.25) is 0 Å². The summed E-state index contributed by atoms with van der Waals surface area (Å²) in [6.07, 6.45) is 2.61. The molecule has 2 rings (SSSR count). The zero-order valence-corrected chi connectivity index (χ0v) is 16.3. The molecule has 0 radical (unpaired) electrons. The second-order valence-corrected chi connectivity index (χ2v) is 6.53. The van der Waals surface area contributed by atoms with E-state index in [1.807, 2.05) is 13.8 Å². The van der Waals surface area contributed by atoms with Crippen molar-refractivity contribution in [2.24, 2.45) is 4.99 Å². The largest absolute Gasteiger partial charge is 0.378 e. The standard InChI is InChI=1S/C20H31FN4O2/c1-3-22-20(25-13-9-18(10-14-25)27-4-2)24-12-11-23-19(26)15-16-5-7-17(21)8-6-16/h5-8,18H,3-4,9-15H2,1-2H3,(H,22,24)(H,23,26). The molecule has 0 aliphatic carbocycles. The third kappa shape index (κ3) is 7.54. The molecule has 27 heavy (non-hydrogen) atoms. The summed E-state index contributed by atoms with van der Waals surface area (Å²) in [7, 11) is 0. The highest BCUT2D eigenvalue weighted by atomic mass is 19.1. The van der Waals surface area contributed by atoms with Gasteiger partial charge in [0.25, 0.3) is 0 Å². The number of rotatable bonds is 8. The van der Waals surface area contributed by atoms with Gasteiger partial charge in [-0.3, -0.25) is 9.79 Å². The van der Waals surface area contributed by atoms with Gasteiger partial charge in [-0.2, -0.15) is 0 Å². The first-order valence-electron chi connectivity index (χ1n) is 9.78. The Kier molecular flexibility index (Phi) is 9.04. The molecule has 1 saturated heterocycles. The maximum absolute atomic E-state index is 12.9. The first-order valence-corrected chi connectivity index (χ1v) is 9.78. The number of carbonyl (C=O) groups excluding carboxylic acids is 1. The Labute approximate surface area is 161 Å². The number of hydrogen-bond acceptors (Lipinski definition) is 3. The summed E-state index contributed by atoms with van der Waals surface area (Å²) in [6.45, 7) is 8.49. The molecule has 1 aromatic rings. The van der Waals surface area contributed by atoms with Crippen LogP contribution in [0.5, 0.6) is 0 Å². The van der Waals surface area contributed by atoms with E-state index in [1.54, 1.807) is 12.1 Å². The average Bonchev–Trinajstić information content (AvgIpc) is 2.67. The SMILES string of the molecule is CCNC(=NCCNC(=O)Cc1ccc(F)cc1)N1CCC(OCC)CC1. The molecule has 0 bridgehead atoms. The Morgan fingerprint density at radius 1 is 1.22 bits per heavy atom. The van der Waals surface area contributed by atoms with Gasteiger partial charge in [-0.25, -0.2) is 4.39 Å². The van der Waals surface area contributed by atoms with Gasteiger partial charge in [0.1, 0.15) is 5.82 Å². The van der Waals surface area contributed by atoms with Crippen molar-refractivity contribution in [3.8, 4) is 0 Å².